The van der Waals surface area contributed by atoms with E-state index in [4.69, 9.17) is 5.11 Å². The number of carbonyl (C=O) groups is 1. The van der Waals surface area contributed by atoms with Crippen LogP contribution < -0.4 is 5.32 Å². The summed E-state index contributed by atoms with van der Waals surface area (Å²) < 4.78 is 0. The largest absolute Gasteiger partial charge is 0.476 e. The highest BCUT2D eigenvalue weighted by molar-refractivity contribution is 7.11. The fraction of sp³-hybridized carbons (Fsp3) is 0.714. The molecule has 1 fully saturated rings. The number of aromatic carboxylic acids is 1. The third kappa shape index (κ3) is 4.28. The number of aromatic nitrogens is 1. The summed E-state index contributed by atoms with van der Waals surface area (Å²) in [7, 11) is 0. The number of rotatable bonds is 6. The van der Waals surface area contributed by atoms with Crippen LogP contribution in [0.1, 0.15) is 60.9 Å². The Bertz CT molecular complexity index is 411. The standard InChI is InChI=1S/C14H22N2O2S/c1-2-3-10-4-6-11(7-5-10)15-8-12-9-19-13(16-12)14(17)18/h9-11,15H,2-8H2,1H3,(H,17,18). The Kier molecular flexibility index (Phi) is 5.34. The highest BCUT2D eigenvalue weighted by Crippen LogP contribution is 2.27. The first kappa shape index (κ1) is 14.5. The van der Waals surface area contributed by atoms with E-state index in [9.17, 15) is 4.79 Å². The first-order valence-corrected chi connectivity index (χ1v) is 7.98. The summed E-state index contributed by atoms with van der Waals surface area (Å²) in [4.78, 5) is 14.8. The first-order chi connectivity index (χ1) is 9.19. The van der Waals surface area contributed by atoms with Gasteiger partial charge in [0.1, 0.15) is 0 Å². The second kappa shape index (κ2) is 7.01. The quantitative estimate of drug-likeness (QED) is 0.840. The highest BCUT2D eigenvalue weighted by atomic mass is 32.1. The molecule has 1 aromatic rings. The lowest BCUT2D eigenvalue weighted by Crippen LogP contribution is -2.32. The minimum Gasteiger partial charge on any atom is -0.476 e. The van der Waals surface area contributed by atoms with Crippen LogP contribution in [0.2, 0.25) is 0 Å². The van der Waals surface area contributed by atoms with E-state index < -0.39 is 5.97 Å². The lowest BCUT2D eigenvalue weighted by molar-refractivity contribution is 0.0696. The molecule has 2 N–H and O–H groups in total. The van der Waals surface area contributed by atoms with Crippen molar-refractivity contribution in [3.63, 3.8) is 0 Å². The third-order valence-corrected chi connectivity index (χ3v) is 4.73. The molecule has 0 radical (unpaired) electrons. The predicted octanol–water partition coefficient (Wildman–Crippen LogP) is 3.29. The zero-order valence-corrected chi connectivity index (χ0v) is 12.2. The van der Waals surface area contributed by atoms with Gasteiger partial charge < -0.3 is 10.4 Å². The molecule has 2 rings (SSSR count). The average molecular weight is 282 g/mol. The van der Waals surface area contributed by atoms with Crippen LogP contribution in [0.4, 0.5) is 0 Å². The van der Waals surface area contributed by atoms with Crippen molar-refractivity contribution in [1.82, 2.24) is 10.3 Å². The van der Waals surface area contributed by atoms with Gasteiger partial charge in [-0.3, -0.25) is 0 Å². The molecule has 5 heteroatoms. The molecule has 1 aliphatic rings. The fourth-order valence-electron chi connectivity index (χ4n) is 2.80. The summed E-state index contributed by atoms with van der Waals surface area (Å²) in [6.07, 6.45) is 7.77. The number of nitrogens with zero attached hydrogens (tertiary/aromatic N) is 1. The van der Waals surface area contributed by atoms with E-state index in [1.165, 1.54) is 49.9 Å². The summed E-state index contributed by atoms with van der Waals surface area (Å²) in [6.45, 7) is 2.94. The summed E-state index contributed by atoms with van der Waals surface area (Å²) in [5, 5.41) is 14.3. The highest BCUT2D eigenvalue weighted by Gasteiger charge is 2.20. The molecule has 1 aromatic heterocycles. The predicted molar refractivity (Wildman–Crippen MR) is 76.6 cm³/mol. The van der Waals surface area contributed by atoms with Gasteiger partial charge >= 0.3 is 5.97 Å². The SMILES string of the molecule is CCCC1CCC(NCc2csc(C(=O)O)n2)CC1. The van der Waals surface area contributed by atoms with E-state index in [1.54, 1.807) is 0 Å². The van der Waals surface area contributed by atoms with Crippen LogP contribution in [0.5, 0.6) is 0 Å². The van der Waals surface area contributed by atoms with Crippen LogP contribution >= 0.6 is 11.3 Å². The van der Waals surface area contributed by atoms with Crippen molar-refractivity contribution in [2.75, 3.05) is 0 Å². The van der Waals surface area contributed by atoms with Crippen molar-refractivity contribution in [2.24, 2.45) is 5.92 Å². The van der Waals surface area contributed by atoms with Gasteiger partial charge in [0.25, 0.3) is 0 Å². The molecule has 0 aromatic carbocycles. The van der Waals surface area contributed by atoms with Crippen molar-refractivity contribution in [2.45, 2.75) is 58.0 Å². The van der Waals surface area contributed by atoms with E-state index >= 15 is 0 Å². The van der Waals surface area contributed by atoms with Gasteiger partial charge in [-0.05, 0) is 31.6 Å². The summed E-state index contributed by atoms with van der Waals surface area (Å²) in [6, 6.07) is 0.572. The second-order valence-electron chi connectivity index (χ2n) is 5.34. The Labute approximate surface area is 118 Å². The Morgan fingerprint density at radius 3 is 2.79 bits per heavy atom. The Morgan fingerprint density at radius 2 is 2.21 bits per heavy atom. The number of carboxylic acids is 1. The summed E-state index contributed by atoms with van der Waals surface area (Å²) >= 11 is 1.20. The minimum absolute atomic E-state index is 0.184. The normalized spacial score (nSPS) is 23.4. The van der Waals surface area contributed by atoms with Crippen LogP contribution in [0, 0.1) is 5.92 Å². The number of carboxylic acid groups (broad SMARTS) is 1. The zero-order chi connectivity index (χ0) is 13.7. The molecule has 0 aliphatic heterocycles. The second-order valence-corrected chi connectivity index (χ2v) is 6.19. The van der Waals surface area contributed by atoms with Gasteiger partial charge in [-0.2, -0.15) is 0 Å². The van der Waals surface area contributed by atoms with Gasteiger partial charge in [0.05, 0.1) is 5.69 Å². The van der Waals surface area contributed by atoms with Crippen LogP contribution in [-0.2, 0) is 6.54 Å². The smallest absolute Gasteiger partial charge is 0.365 e. The first-order valence-electron chi connectivity index (χ1n) is 7.10. The molecule has 0 amide bonds. The van der Waals surface area contributed by atoms with Crippen LogP contribution in [-0.4, -0.2) is 22.1 Å². The van der Waals surface area contributed by atoms with Gasteiger partial charge in [-0.1, -0.05) is 19.8 Å². The Morgan fingerprint density at radius 1 is 1.47 bits per heavy atom. The fourth-order valence-corrected chi connectivity index (χ4v) is 3.45. The molecule has 1 heterocycles. The van der Waals surface area contributed by atoms with Gasteiger partial charge in [0, 0.05) is 18.0 Å². The minimum atomic E-state index is -0.934. The van der Waals surface area contributed by atoms with E-state index in [-0.39, 0.29) is 5.01 Å². The van der Waals surface area contributed by atoms with Crippen LogP contribution in [0.3, 0.4) is 0 Å². The van der Waals surface area contributed by atoms with Crippen molar-refractivity contribution < 1.29 is 9.90 Å². The number of nitrogens with one attached hydrogen (secondary N) is 1. The van der Waals surface area contributed by atoms with Crippen LogP contribution in [0.25, 0.3) is 0 Å². The van der Waals surface area contributed by atoms with Gasteiger partial charge in [-0.15, -0.1) is 11.3 Å². The van der Waals surface area contributed by atoms with Crippen LogP contribution in [0.15, 0.2) is 5.38 Å². The topological polar surface area (TPSA) is 62.2 Å². The Balaban J connectivity index is 1.72. The maximum absolute atomic E-state index is 10.7. The summed E-state index contributed by atoms with van der Waals surface area (Å²) in [5.41, 5.74) is 0.845. The lowest BCUT2D eigenvalue weighted by Gasteiger charge is -2.28. The van der Waals surface area contributed by atoms with Crippen molar-refractivity contribution >= 4 is 17.3 Å². The molecule has 1 aliphatic carbocycles. The van der Waals surface area contributed by atoms with Crippen molar-refractivity contribution in [1.29, 1.82) is 0 Å². The molecular weight excluding hydrogens is 260 g/mol. The number of hydrogen-bond donors (Lipinski definition) is 2. The maximum atomic E-state index is 10.7. The molecule has 0 spiro atoms. The molecular formula is C14H22N2O2S. The van der Waals surface area contributed by atoms with Gasteiger partial charge in [0.15, 0.2) is 0 Å². The van der Waals surface area contributed by atoms with Gasteiger partial charge in [-0.25, -0.2) is 9.78 Å². The van der Waals surface area contributed by atoms with Crippen molar-refractivity contribution in [3.05, 3.63) is 16.1 Å². The molecule has 19 heavy (non-hydrogen) atoms. The van der Waals surface area contributed by atoms with Gasteiger partial charge in [0.2, 0.25) is 5.01 Å². The maximum Gasteiger partial charge on any atom is 0.365 e. The Hall–Kier alpha value is -0.940. The van der Waals surface area contributed by atoms with E-state index in [0.29, 0.717) is 12.6 Å². The molecule has 1 saturated carbocycles. The monoisotopic (exact) mass is 282 g/mol. The third-order valence-electron chi connectivity index (χ3n) is 3.85. The number of thiazole rings is 1. The van der Waals surface area contributed by atoms with E-state index in [1.807, 2.05) is 5.38 Å². The summed E-state index contributed by atoms with van der Waals surface area (Å²) in [5.74, 6) is -0.0164. The molecule has 0 saturated heterocycles. The van der Waals surface area contributed by atoms with Crippen molar-refractivity contribution in [3.8, 4) is 0 Å². The van der Waals surface area contributed by atoms with E-state index in [0.717, 1.165) is 11.6 Å². The lowest BCUT2D eigenvalue weighted by atomic mass is 9.83. The number of hydrogen-bond acceptors (Lipinski definition) is 4. The molecule has 0 bridgehead atoms. The molecule has 106 valence electrons. The molecule has 4 nitrogen and oxygen atoms in total. The molecule has 0 unspecified atom stereocenters. The molecule has 0 atom stereocenters. The average Bonchev–Trinajstić information content (AvgIpc) is 2.87. The zero-order valence-electron chi connectivity index (χ0n) is 11.4. The van der Waals surface area contributed by atoms with E-state index in [2.05, 4.69) is 17.2 Å².